The molecule has 1 aromatic carbocycles. The first-order valence-corrected chi connectivity index (χ1v) is 5.03. The largest absolute Gasteiger partial charge is 0.505 e. The second-order valence-corrected chi connectivity index (χ2v) is 4.22. The summed E-state index contributed by atoms with van der Waals surface area (Å²) in [5, 5.41) is 9.70. The Bertz CT molecular complexity index is 354. The predicted octanol–water partition coefficient (Wildman–Crippen LogP) is 2.37. The summed E-state index contributed by atoms with van der Waals surface area (Å²) in [7, 11) is 1.25. The average Bonchev–Trinajstić information content (AvgIpc) is 2.10. The van der Waals surface area contributed by atoms with E-state index in [4.69, 9.17) is 23.2 Å². The molecule has 3 nitrogen and oxygen atoms in total. The Morgan fingerprint density at radius 3 is 2.62 bits per heavy atom. The molecule has 6 heteroatoms. The third-order valence-corrected chi connectivity index (χ3v) is 2.80. The first-order chi connectivity index (χ1) is 6.06. The molecule has 0 aromatic heterocycles. The maximum absolute atomic E-state index is 11.2. The quantitative estimate of drug-likeness (QED) is 0.864. The van der Waals surface area contributed by atoms with Crippen LogP contribution in [0.5, 0.6) is 5.75 Å². The van der Waals surface area contributed by atoms with E-state index in [1.807, 2.05) is 0 Å². The van der Waals surface area contributed by atoms with Gasteiger partial charge in [-0.2, -0.15) is 0 Å². The summed E-state index contributed by atoms with van der Waals surface area (Å²) < 4.78 is 15.7. The van der Waals surface area contributed by atoms with Crippen molar-refractivity contribution in [1.29, 1.82) is 0 Å². The number of rotatable bonds is 2. The zero-order valence-corrected chi connectivity index (χ0v) is 8.91. The number of hydrogen-bond donors (Lipinski definition) is 1. The molecule has 0 aliphatic heterocycles. The molecule has 0 amide bonds. The normalized spacial score (nSPS) is 12.8. The van der Waals surface area contributed by atoms with E-state index in [1.165, 1.54) is 19.2 Å². The van der Waals surface area contributed by atoms with Gasteiger partial charge in [-0.15, -0.1) is 0 Å². The highest BCUT2D eigenvalue weighted by Crippen LogP contribution is 2.33. The van der Waals surface area contributed by atoms with Crippen LogP contribution in [0, 0.1) is 0 Å². The topological polar surface area (TPSA) is 46.5 Å². The van der Waals surface area contributed by atoms with Crippen molar-refractivity contribution in [2.24, 2.45) is 0 Å². The van der Waals surface area contributed by atoms with Crippen molar-refractivity contribution in [3.05, 3.63) is 22.2 Å². The van der Waals surface area contributed by atoms with E-state index >= 15 is 0 Å². The zero-order chi connectivity index (χ0) is 10.0. The van der Waals surface area contributed by atoms with Crippen LogP contribution >= 0.6 is 23.2 Å². The van der Waals surface area contributed by atoms with Crippen LogP contribution in [0.15, 0.2) is 17.0 Å². The molecular formula is C7H6Cl2O3S. The van der Waals surface area contributed by atoms with E-state index in [9.17, 15) is 9.32 Å². The van der Waals surface area contributed by atoms with E-state index in [1.54, 1.807) is 0 Å². The molecule has 72 valence electrons. The summed E-state index contributed by atoms with van der Waals surface area (Å²) in [5.74, 6) is -0.272. The van der Waals surface area contributed by atoms with Crippen LogP contribution in [0.4, 0.5) is 0 Å². The Labute approximate surface area is 87.9 Å². The van der Waals surface area contributed by atoms with Crippen LogP contribution in [0.1, 0.15) is 0 Å². The molecule has 0 unspecified atom stereocenters. The van der Waals surface area contributed by atoms with Crippen molar-refractivity contribution in [1.82, 2.24) is 0 Å². The highest BCUT2D eigenvalue weighted by molar-refractivity contribution is 7.80. The van der Waals surface area contributed by atoms with Crippen molar-refractivity contribution in [2.75, 3.05) is 7.11 Å². The van der Waals surface area contributed by atoms with E-state index < -0.39 is 11.1 Å². The molecule has 1 aromatic rings. The fraction of sp³-hybridized carbons (Fsp3) is 0.143. The molecule has 13 heavy (non-hydrogen) atoms. The minimum atomic E-state index is -1.74. The molecule has 0 heterocycles. The van der Waals surface area contributed by atoms with E-state index in [2.05, 4.69) is 4.18 Å². The van der Waals surface area contributed by atoms with Gasteiger partial charge in [0.1, 0.15) is 4.90 Å². The molecule has 0 bridgehead atoms. The van der Waals surface area contributed by atoms with Crippen LogP contribution in [0.2, 0.25) is 10.0 Å². The minimum absolute atomic E-state index is 0.0490. The van der Waals surface area contributed by atoms with Crippen molar-refractivity contribution >= 4 is 34.3 Å². The van der Waals surface area contributed by atoms with Gasteiger partial charge in [0.05, 0.1) is 12.1 Å². The first kappa shape index (κ1) is 10.8. The second-order valence-electron chi connectivity index (χ2n) is 2.14. The van der Waals surface area contributed by atoms with E-state index in [0.717, 1.165) is 0 Å². The fourth-order valence-electron chi connectivity index (χ4n) is 0.759. The van der Waals surface area contributed by atoms with Crippen LogP contribution in [-0.4, -0.2) is 16.4 Å². The second kappa shape index (κ2) is 4.28. The van der Waals surface area contributed by atoms with Crippen LogP contribution in [0.3, 0.4) is 0 Å². The Kier molecular flexibility index (Phi) is 3.55. The fourth-order valence-corrected chi connectivity index (χ4v) is 2.04. The van der Waals surface area contributed by atoms with Gasteiger partial charge in [-0.1, -0.05) is 23.2 Å². The van der Waals surface area contributed by atoms with Gasteiger partial charge in [0, 0.05) is 5.02 Å². The van der Waals surface area contributed by atoms with Gasteiger partial charge in [-0.3, -0.25) is 4.18 Å². The Morgan fingerprint density at radius 1 is 1.46 bits per heavy atom. The lowest BCUT2D eigenvalue weighted by atomic mass is 10.3. The molecule has 0 saturated heterocycles. The number of phenolic OH excluding ortho intramolecular Hbond substituents is 1. The van der Waals surface area contributed by atoms with Crippen LogP contribution in [0.25, 0.3) is 0 Å². The van der Waals surface area contributed by atoms with Crippen LogP contribution in [-0.2, 0) is 15.3 Å². The van der Waals surface area contributed by atoms with Crippen molar-refractivity contribution in [2.45, 2.75) is 4.90 Å². The maximum atomic E-state index is 11.2. The SMILES string of the molecule is CO[S@@](=O)c1cc(Cl)cc(Cl)c1O. The van der Waals surface area contributed by atoms with Crippen LogP contribution < -0.4 is 0 Å². The summed E-state index contributed by atoms with van der Waals surface area (Å²) >= 11 is 9.49. The van der Waals surface area contributed by atoms with Gasteiger partial charge >= 0.3 is 0 Å². The zero-order valence-electron chi connectivity index (χ0n) is 6.58. The summed E-state index contributed by atoms with van der Waals surface area (Å²) in [4.78, 5) is 0.0694. The minimum Gasteiger partial charge on any atom is -0.505 e. The average molecular weight is 241 g/mol. The lowest BCUT2D eigenvalue weighted by Crippen LogP contribution is -1.94. The van der Waals surface area contributed by atoms with Crippen molar-refractivity contribution < 1.29 is 13.5 Å². The molecule has 0 spiro atoms. The third-order valence-electron chi connectivity index (χ3n) is 1.32. The number of aromatic hydroxyl groups is 1. The molecule has 0 aliphatic rings. The Balaban J connectivity index is 3.28. The molecular weight excluding hydrogens is 235 g/mol. The van der Waals surface area contributed by atoms with Gasteiger partial charge in [0.25, 0.3) is 0 Å². The first-order valence-electron chi connectivity index (χ1n) is 3.20. The van der Waals surface area contributed by atoms with Gasteiger partial charge in [0.15, 0.2) is 16.8 Å². The summed E-state index contributed by atoms with van der Waals surface area (Å²) in [6.07, 6.45) is 0. The lowest BCUT2D eigenvalue weighted by molar-refractivity contribution is 0.430. The highest BCUT2D eigenvalue weighted by Gasteiger charge is 2.13. The third kappa shape index (κ3) is 2.34. The summed E-state index contributed by atoms with van der Waals surface area (Å²) in [6, 6.07) is 2.69. The summed E-state index contributed by atoms with van der Waals surface area (Å²) in [5.41, 5.74) is 0. The standard InChI is InChI=1S/C7H6Cl2O3S/c1-12-13(11)6-3-4(8)2-5(9)7(6)10/h2-3,10H,1H3/t13-/m1/s1. The number of benzene rings is 1. The molecule has 1 rings (SSSR count). The van der Waals surface area contributed by atoms with E-state index in [-0.39, 0.29) is 15.7 Å². The Hall–Kier alpha value is -0.290. The van der Waals surface area contributed by atoms with Crippen molar-refractivity contribution in [3.8, 4) is 5.75 Å². The molecule has 1 N–H and O–H groups in total. The van der Waals surface area contributed by atoms with Gasteiger partial charge in [0.2, 0.25) is 0 Å². The van der Waals surface area contributed by atoms with Crippen molar-refractivity contribution in [3.63, 3.8) is 0 Å². The number of hydrogen-bond acceptors (Lipinski definition) is 3. The Morgan fingerprint density at radius 2 is 2.08 bits per heavy atom. The number of halogens is 2. The molecule has 1 atom stereocenters. The molecule has 0 saturated carbocycles. The molecule has 0 fully saturated rings. The maximum Gasteiger partial charge on any atom is 0.192 e. The van der Waals surface area contributed by atoms with E-state index in [0.29, 0.717) is 5.02 Å². The smallest absolute Gasteiger partial charge is 0.192 e. The van der Waals surface area contributed by atoms with Gasteiger partial charge in [-0.25, -0.2) is 4.21 Å². The molecule has 0 aliphatic carbocycles. The predicted molar refractivity (Wildman–Crippen MR) is 51.5 cm³/mol. The summed E-state index contributed by atoms with van der Waals surface area (Å²) in [6.45, 7) is 0. The monoisotopic (exact) mass is 240 g/mol. The van der Waals surface area contributed by atoms with Gasteiger partial charge < -0.3 is 5.11 Å². The highest BCUT2D eigenvalue weighted by atomic mass is 35.5. The lowest BCUT2D eigenvalue weighted by Gasteiger charge is -2.04. The number of phenols is 1. The van der Waals surface area contributed by atoms with Gasteiger partial charge in [-0.05, 0) is 12.1 Å². The molecule has 0 radical (unpaired) electrons.